The predicted molar refractivity (Wildman–Crippen MR) is 145 cm³/mol. The molecule has 6 N–H and O–H groups in total. The molecule has 0 aromatic carbocycles. The van der Waals surface area contributed by atoms with Gasteiger partial charge in [0.15, 0.2) is 35.3 Å². The number of halogens is 1. The molecule has 0 aliphatic carbocycles. The van der Waals surface area contributed by atoms with Crippen LogP contribution in [0.1, 0.15) is 18.9 Å². The summed E-state index contributed by atoms with van der Waals surface area (Å²) in [6, 6.07) is 0. The van der Waals surface area contributed by atoms with Crippen LogP contribution in [0.4, 0.5) is 16.0 Å². The molecule has 4 aromatic rings. The van der Waals surface area contributed by atoms with E-state index in [0.717, 1.165) is 0 Å². The van der Waals surface area contributed by atoms with Gasteiger partial charge in [-0.2, -0.15) is 0 Å². The van der Waals surface area contributed by atoms with Crippen LogP contribution in [0.3, 0.4) is 0 Å². The van der Waals surface area contributed by atoms with Gasteiger partial charge in [0, 0.05) is 6.42 Å². The first-order valence-corrected chi connectivity index (χ1v) is 16.7. The van der Waals surface area contributed by atoms with Crippen molar-refractivity contribution in [2.45, 2.75) is 49.5 Å². The largest absolute Gasteiger partial charge is 0.472 e. The number of fused-ring (bicyclic) bond motifs is 4. The number of hydrogen-bond donors (Lipinski definition) is 4. The Morgan fingerprint density at radius 2 is 1.49 bits per heavy atom. The van der Waals surface area contributed by atoms with Crippen LogP contribution in [0.25, 0.3) is 22.3 Å². The summed E-state index contributed by atoms with van der Waals surface area (Å²) in [5, 5.41) is 0. The third-order valence-corrected chi connectivity index (χ3v) is 9.71. The summed E-state index contributed by atoms with van der Waals surface area (Å²) in [5.74, 6) is 0.216. The maximum Gasteiger partial charge on any atom is 0.472 e. The fourth-order valence-electron chi connectivity index (χ4n) is 5.17. The minimum atomic E-state index is -4.79. The Hall–Kier alpha value is -2.81. The molecule has 0 radical (unpaired) electrons. The summed E-state index contributed by atoms with van der Waals surface area (Å²) in [4.78, 5) is 45.8. The number of rotatable bonds is 2. The number of imidazole rings is 2. The predicted octanol–water partition coefficient (Wildman–Crippen LogP) is 0.488. The number of anilines is 2. The zero-order valence-corrected chi connectivity index (χ0v) is 24.2. The minimum Gasteiger partial charge on any atom is -0.382 e. The molecule has 7 heterocycles. The number of aromatic nitrogens is 8. The highest BCUT2D eigenvalue weighted by Gasteiger charge is 2.52. The maximum atomic E-state index is 15.9. The van der Waals surface area contributed by atoms with E-state index in [-0.39, 0.29) is 29.2 Å². The van der Waals surface area contributed by atoms with Gasteiger partial charge in [0.1, 0.15) is 54.3 Å². The van der Waals surface area contributed by atoms with Crippen LogP contribution in [0.5, 0.6) is 0 Å². The van der Waals surface area contributed by atoms with Crippen molar-refractivity contribution in [1.82, 2.24) is 39.0 Å². The lowest BCUT2D eigenvalue weighted by Gasteiger charge is -2.28. The molecule has 0 bridgehead atoms. The Labute approximate surface area is 245 Å². The Bertz CT molecular complexity index is 1800. The van der Waals surface area contributed by atoms with Gasteiger partial charge in [-0.25, -0.2) is 38.9 Å². The second-order valence-electron chi connectivity index (χ2n) is 9.78. The first-order valence-electron chi connectivity index (χ1n) is 12.6. The first-order chi connectivity index (χ1) is 20.5. The number of phosphoric acid groups is 1. The first kappa shape index (κ1) is 28.9. The molecule has 3 aliphatic heterocycles. The van der Waals surface area contributed by atoms with Crippen molar-refractivity contribution in [3.8, 4) is 0 Å². The van der Waals surface area contributed by atoms with Gasteiger partial charge in [0.05, 0.1) is 25.9 Å². The van der Waals surface area contributed by atoms with Crippen molar-refractivity contribution in [3.05, 3.63) is 25.3 Å². The molecule has 23 heteroatoms. The molecule has 3 aliphatic rings. The van der Waals surface area contributed by atoms with Gasteiger partial charge < -0.3 is 35.3 Å². The van der Waals surface area contributed by atoms with Crippen molar-refractivity contribution in [3.63, 3.8) is 0 Å². The second-order valence-corrected chi connectivity index (χ2v) is 14.0. The van der Waals surface area contributed by atoms with Gasteiger partial charge in [-0.05, 0) is 11.8 Å². The summed E-state index contributed by atoms with van der Waals surface area (Å²) >= 11 is 5.18. The fourth-order valence-corrected chi connectivity index (χ4v) is 7.56. The average molecular weight is 660 g/mol. The van der Waals surface area contributed by atoms with E-state index in [1.165, 1.54) is 29.9 Å². The monoisotopic (exact) mass is 660 g/mol. The molecule has 19 nitrogen and oxygen atoms in total. The number of nitrogen functional groups attached to an aromatic ring is 2. The number of nitrogens with zero attached hydrogens (tertiary/aromatic N) is 8. The molecule has 4 aromatic heterocycles. The van der Waals surface area contributed by atoms with Gasteiger partial charge >= 0.3 is 14.5 Å². The number of nitrogens with two attached hydrogens (primary N) is 2. The van der Waals surface area contributed by atoms with Crippen LogP contribution in [0.15, 0.2) is 25.3 Å². The molecule has 3 fully saturated rings. The van der Waals surface area contributed by atoms with Crippen LogP contribution >= 0.6 is 14.5 Å². The van der Waals surface area contributed by atoms with Crippen molar-refractivity contribution >= 4 is 60.3 Å². The van der Waals surface area contributed by atoms with E-state index in [9.17, 15) is 14.4 Å². The number of ether oxygens (including phenoxy) is 2. The molecule has 0 saturated carbocycles. The molecule has 2 unspecified atom stereocenters. The van der Waals surface area contributed by atoms with Crippen LogP contribution in [0.2, 0.25) is 0 Å². The van der Waals surface area contributed by atoms with Crippen molar-refractivity contribution in [2.24, 2.45) is 0 Å². The highest BCUT2D eigenvalue weighted by atomic mass is 32.5. The van der Waals surface area contributed by atoms with E-state index in [2.05, 4.69) is 29.9 Å². The van der Waals surface area contributed by atoms with E-state index >= 15 is 4.39 Å². The lowest BCUT2D eigenvalue weighted by molar-refractivity contribution is -0.0623. The molecule has 9 atom stereocenters. The lowest BCUT2D eigenvalue weighted by Crippen LogP contribution is -2.35. The van der Waals surface area contributed by atoms with Crippen molar-refractivity contribution in [1.29, 1.82) is 0 Å². The highest BCUT2D eigenvalue weighted by Crippen LogP contribution is 2.54. The smallest absolute Gasteiger partial charge is 0.382 e. The second kappa shape index (κ2) is 10.7. The molecule has 0 amide bonds. The maximum absolute atomic E-state index is 15.9. The average Bonchev–Trinajstić information content (AvgIpc) is 3.72. The Morgan fingerprint density at radius 3 is 2.19 bits per heavy atom. The molecule has 7 rings (SSSR count). The fraction of sp³-hybridized carbons (Fsp3) is 0.500. The zero-order valence-electron chi connectivity index (χ0n) is 21.6. The van der Waals surface area contributed by atoms with E-state index in [0.29, 0.717) is 11.2 Å². The van der Waals surface area contributed by atoms with E-state index in [1.54, 1.807) is 4.57 Å². The van der Waals surface area contributed by atoms with Gasteiger partial charge in [-0.3, -0.25) is 22.7 Å². The quantitative estimate of drug-likeness (QED) is 0.213. The van der Waals surface area contributed by atoms with Crippen LogP contribution in [-0.4, -0.2) is 92.6 Å². The topological polar surface area (TPSA) is 252 Å². The Kier molecular flexibility index (Phi) is 7.18. The SMILES string of the molecule is Nc1ncnc2c1ncn2[C@@H]1O[C@@H]2COP(=O)(O)O[C@H]3C[C@H](n4cnc5c(N)ncnc54)O[C@@H]3COP(O)(=S)O[C@H]2[C@H]1F. The van der Waals surface area contributed by atoms with Gasteiger partial charge in [0.25, 0.3) is 0 Å². The van der Waals surface area contributed by atoms with Gasteiger partial charge in [-0.15, -0.1) is 0 Å². The minimum absolute atomic E-state index is 0.0162. The number of alkyl halides is 1. The van der Waals surface area contributed by atoms with Crippen molar-refractivity contribution < 1.29 is 46.3 Å². The van der Waals surface area contributed by atoms with Gasteiger partial charge in [0.2, 0.25) is 0 Å². The molecule has 3 saturated heterocycles. The molecular weight excluding hydrogens is 637 g/mol. The Balaban J connectivity index is 1.15. The van der Waals surface area contributed by atoms with E-state index < -0.39 is 70.8 Å². The molecule has 230 valence electrons. The van der Waals surface area contributed by atoms with Crippen LogP contribution in [0, 0.1) is 0 Å². The number of hydrogen-bond acceptors (Lipinski definition) is 16. The summed E-state index contributed by atoms with van der Waals surface area (Å²) in [6.07, 6.45) is -4.17. The third kappa shape index (κ3) is 5.29. The normalized spacial score (nSPS) is 37.1. The highest BCUT2D eigenvalue weighted by molar-refractivity contribution is 8.07. The third-order valence-electron chi connectivity index (χ3n) is 7.13. The van der Waals surface area contributed by atoms with E-state index in [1.807, 2.05) is 0 Å². The lowest BCUT2D eigenvalue weighted by atomic mass is 10.1. The molecular formula is C20H23FN10O9P2S. The zero-order chi connectivity index (χ0) is 30.1. The summed E-state index contributed by atoms with van der Waals surface area (Å²) in [5.41, 5.74) is 12.7. The Morgan fingerprint density at radius 1 is 0.860 bits per heavy atom. The summed E-state index contributed by atoms with van der Waals surface area (Å²) in [7, 11) is -4.79. The van der Waals surface area contributed by atoms with Gasteiger partial charge in [-0.1, -0.05) is 0 Å². The van der Waals surface area contributed by atoms with Crippen molar-refractivity contribution in [2.75, 3.05) is 24.7 Å². The number of phosphoric ester groups is 1. The molecule has 0 spiro atoms. The summed E-state index contributed by atoms with van der Waals surface area (Å²) < 4.78 is 65.4. The standard InChI is InChI=1S/C20H23FN10O9P2S/c21-12-15-10(38-20(12)31-7-29-14-17(23)25-5-27-19(14)31)3-35-41(32,33)39-8-1-11(37-9(8)2-36-42(34,43)40-15)30-6-28-13-16(22)24-4-26-18(13)30/h4-12,15,20H,1-3H2,(H,32,33)(H,34,43)(H2,22,24,26)(H2,23,25,27)/t8-,9+,10+,11+,12+,15+,20+,42?/m0/s1. The van der Waals surface area contributed by atoms with Crippen LogP contribution in [-0.2, 0) is 43.9 Å². The van der Waals surface area contributed by atoms with Crippen LogP contribution < -0.4 is 11.5 Å². The molecule has 43 heavy (non-hydrogen) atoms. The summed E-state index contributed by atoms with van der Waals surface area (Å²) in [6.45, 7) is -5.27. The van der Waals surface area contributed by atoms with E-state index in [4.69, 9.17) is 50.8 Å².